The minimum atomic E-state index is 0.000139. The number of nitrogens with one attached hydrogen (secondary N) is 2. The molecule has 1 fully saturated rings. The third-order valence-electron chi connectivity index (χ3n) is 6.86. The summed E-state index contributed by atoms with van der Waals surface area (Å²) in [6.45, 7) is 10.9. The molecule has 1 aliphatic heterocycles. The van der Waals surface area contributed by atoms with Gasteiger partial charge in [-0.15, -0.1) is 0 Å². The van der Waals surface area contributed by atoms with E-state index in [0.29, 0.717) is 16.2 Å². The summed E-state index contributed by atoms with van der Waals surface area (Å²) < 4.78 is 0. The number of rotatable bonds is 6. The van der Waals surface area contributed by atoms with Gasteiger partial charge in [-0.3, -0.25) is 4.79 Å². The van der Waals surface area contributed by atoms with Crippen molar-refractivity contribution in [2.75, 3.05) is 23.3 Å². The maximum absolute atomic E-state index is 13.1. The van der Waals surface area contributed by atoms with Gasteiger partial charge >= 0.3 is 0 Å². The van der Waals surface area contributed by atoms with Crippen molar-refractivity contribution in [3.63, 3.8) is 0 Å². The molecule has 2 N–H and O–H groups in total. The summed E-state index contributed by atoms with van der Waals surface area (Å²) in [5.74, 6) is 0.000139. The highest BCUT2D eigenvalue weighted by molar-refractivity contribution is 7.80. The second kappa shape index (κ2) is 11.3. The number of hydrogen-bond donors (Lipinski definition) is 2. The lowest BCUT2D eigenvalue weighted by atomic mass is 9.86. The van der Waals surface area contributed by atoms with Gasteiger partial charge in [0.1, 0.15) is 0 Å². The van der Waals surface area contributed by atoms with Crippen LogP contribution in [0.3, 0.4) is 0 Å². The molecule has 0 saturated carbocycles. The first kappa shape index (κ1) is 25.9. The number of hydrogen-bond acceptors (Lipinski definition) is 3. The summed E-state index contributed by atoms with van der Waals surface area (Å²) in [4.78, 5) is 15.5. The monoisotopic (exact) mass is 499 g/mol. The van der Waals surface area contributed by atoms with Gasteiger partial charge in [-0.05, 0) is 79.2 Å². The van der Waals surface area contributed by atoms with Crippen LogP contribution in [0.1, 0.15) is 80.0 Å². The van der Waals surface area contributed by atoms with Crippen molar-refractivity contribution >= 4 is 34.5 Å². The zero-order chi connectivity index (χ0) is 25.7. The number of anilines is 2. The van der Waals surface area contributed by atoms with E-state index >= 15 is 0 Å². The van der Waals surface area contributed by atoms with E-state index in [1.54, 1.807) is 0 Å². The fourth-order valence-electron chi connectivity index (χ4n) is 4.60. The van der Waals surface area contributed by atoms with E-state index in [-0.39, 0.29) is 17.2 Å². The first-order valence-electron chi connectivity index (χ1n) is 12.9. The lowest BCUT2D eigenvalue weighted by Gasteiger charge is -2.29. The summed E-state index contributed by atoms with van der Waals surface area (Å²) >= 11 is 5.58. The summed E-state index contributed by atoms with van der Waals surface area (Å²) in [6.07, 6.45) is 3.88. The quantitative estimate of drug-likeness (QED) is 0.276. The highest BCUT2D eigenvalue weighted by Gasteiger charge is 2.16. The van der Waals surface area contributed by atoms with Crippen LogP contribution in [0.15, 0.2) is 72.8 Å². The molecular formula is C31H37N3OS. The largest absolute Gasteiger partial charge is 0.372 e. The topological polar surface area (TPSA) is 44.4 Å². The van der Waals surface area contributed by atoms with Crippen molar-refractivity contribution in [3.05, 3.63) is 95.1 Å². The van der Waals surface area contributed by atoms with E-state index in [0.717, 1.165) is 18.8 Å². The van der Waals surface area contributed by atoms with E-state index in [1.165, 1.54) is 36.1 Å². The van der Waals surface area contributed by atoms with Crippen LogP contribution in [-0.2, 0) is 5.41 Å². The molecule has 1 saturated heterocycles. The number of carbonyl (C=O) groups is 1. The van der Waals surface area contributed by atoms with Gasteiger partial charge in [0.15, 0.2) is 10.9 Å². The Morgan fingerprint density at radius 2 is 1.56 bits per heavy atom. The lowest BCUT2D eigenvalue weighted by Crippen LogP contribution is -2.31. The molecule has 3 aromatic rings. The molecule has 1 heterocycles. The predicted molar refractivity (Wildman–Crippen MR) is 155 cm³/mol. The smallest absolute Gasteiger partial charge is 0.193 e. The molecule has 3 aromatic carbocycles. The van der Waals surface area contributed by atoms with Crippen LogP contribution in [0, 0.1) is 0 Å². The van der Waals surface area contributed by atoms with Crippen molar-refractivity contribution in [1.29, 1.82) is 0 Å². The van der Waals surface area contributed by atoms with Crippen LogP contribution >= 0.6 is 12.2 Å². The van der Waals surface area contributed by atoms with Gasteiger partial charge in [0.25, 0.3) is 0 Å². The van der Waals surface area contributed by atoms with E-state index < -0.39 is 0 Å². The Balaban J connectivity index is 1.36. The van der Waals surface area contributed by atoms with Crippen LogP contribution < -0.4 is 15.5 Å². The van der Waals surface area contributed by atoms with Crippen LogP contribution in [0.5, 0.6) is 0 Å². The minimum Gasteiger partial charge on any atom is -0.372 e. The second-order valence-corrected chi connectivity index (χ2v) is 11.1. The Morgan fingerprint density at radius 3 is 2.19 bits per heavy atom. The molecule has 1 aliphatic rings. The van der Waals surface area contributed by atoms with Crippen molar-refractivity contribution < 1.29 is 4.79 Å². The summed E-state index contributed by atoms with van der Waals surface area (Å²) in [6, 6.07) is 24.2. The van der Waals surface area contributed by atoms with Crippen LogP contribution in [0.4, 0.5) is 11.4 Å². The van der Waals surface area contributed by atoms with Gasteiger partial charge in [-0.1, -0.05) is 69.3 Å². The normalized spacial score (nSPS) is 14.7. The van der Waals surface area contributed by atoms with Crippen molar-refractivity contribution in [2.45, 2.75) is 58.4 Å². The Kier molecular flexibility index (Phi) is 8.10. The van der Waals surface area contributed by atoms with Crippen LogP contribution in [-0.4, -0.2) is 24.0 Å². The van der Waals surface area contributed by atoms with Crippen molar-refractivity contribution in [3.8, 4) is 0 Å². The number of piperidine rings is 1. The fraction of sp³-hybridized carbons (Fsp3) is 0.355. The molecule has 36 heavy (non-hydrogen) atoms. The number of carbonyl (C=O) groups excluding carboxylic acids is 1. The first-order valence-corrected chi connectivity index (χ1v) is 13.3. The van der Waals surface area contributed by atoms with E-state index in [1.807, 2.05) is 48.5 Å². The predicted octanol–water partition coefficient (Wildman–Crippen LogP) is 7.25. The van der Waals surface area contributed by atoms with Gasteiger partial charge < -0.3 is 15.5 Å². The number of thiocarbonyl (C=S) groups is 1. The van der Waals surface area contributed by atoms with Gasteiger partial charge in [0.05, 0.1) is 6.04 Å². The third kappa shape index (κ3) is 6.52. The van der Waals surface area contributed by atoms with Gasteiger partial charge in [-0.25, -0.2) is 0 Å². The van der Waals surface area contributed by atoms with Crippen molar-refractivity contribution in [2.24, 2.45) is 0 Å². The average molecular weight is 500 g/mol. The third-order valence-corrected chi connectivity index (χ3v) is 7.08. The zero-order valence-corrected chi connectivity index (χ0v) is 22.6. The number of ketones is 1. The first-order chi connectivity index (χ1) is 17.2. The second-order valence-electron chi connectivity index (χ2n) is 10.7. The fourth-order valence-corrected chi connectivity index (χ4v) is 4.89. The van der Waals surface area contributed by atoms with Gasteiger partial charge in [0.2, 0.25) is 0 Å². The molecule has 1 unspecified atom stereocenters. The lowest BCUT2D eigenvalue weighted by molar-refractivity contribution is 0.103. The summed E-state index contributed by atoms with van der Waals surface area (Å²) in [7, 11) is 0. The molecule has 0 amide bonds. The summed E-state index contributed by atoms with van der Waals surface area (Å²) in [5.41, 5.74) is 5.85. The maximum atomic E-state index is 13.1. The molecule has 0 bridgehead atoms. The molecular weight excluding hydrogens is 462 g/mol. The highest BCUT2D eigenvalue weighted by atomic mass is 32.1. The van der Waals surface area contributed by atoms with Gasteiger partial charge in [-0.2, -0.15) is 0 Å². The molecule has 5 heteroatoms. The van der Waals surface area contributed by atoms with Crippen molar-refractivity contribution in [1.82, 2.24) is 5.32 Å². The number of nitrogens with zero attached hydrogens (tertiary/aromatic N) is 1. The highest BCUT2D eigenvalue weighted by Crippen LogP contribution is 2.24. The Labute approximate surface area is 221 Å². The molecule has 4 nitrogen and oxygen atoms in total. The summed E-state index contributed by atoms with van der Waals surface area (Å²) in [5, 5.41) is 7.14. The Bertz CT molecular complexity index is 1190. The molecule has 0 spiro atoms. The van der Waals surface area contributed by atoms with Crippen LogP contribution in [0.2, 0.25) is 0 Å². The molecule has 0 aliphatic carbocycles. The van der Waals surface area contributed by atoms with Crippen LogP contribution in [0.25, 0.3) is 0 Å². The molecule has 188 valence electrons. The number of benzene rings is 3. The Morgan fingerprint density at radius 1 is 0.889 bits per heavy atom. The standard InChI is InChI=1S/C31H37N3OS/c1-22(23-13-17-28(18-14-23)34-19-6-5-7-20-34)32-30(36)33-27-10-8-9-25(21-27)29(35)24-11-15-26(16-12-24)31(2,3)4/h8-18,21-22H,5-7,19-20H2,1-4H3,(H2,32,33,36). The van der Waals surface area contributed by atoms with E-state index in [9.17, 15) is 4.79 Å². The SMILES string of the molecule is CC(NC(=S)Nc1cccc(C(=O)c2ccc(C(C)(C)C)cc2)c1)c1ccc(N2CCCCC2)cc1. The molecule has 0 aromatic heterocycles. The van der Waals surface area contributed by atoms with Gasteiger partial charge in [0, 0.05) is 35.6 Å². The average Bonchev–Trinajstić information content (AvgIpc) is 2.88. The zero-order valence-electron chi connectivity index (χ0n) is 21.8. The van der Waals surface area contributed by atoms with E-state index in [2.05, 4.69) is 67.5 Å². The molecule has 0 radical (unpaired) electrons. The molecule has 4 rings (SSSR count). The van der Waals surface area contributed by atoms with E-state index in [4.69, 9.17) is 12.2 Å². The molecule has 1 atom stereocenters. The Hall–Kier alpha value is -3.18. The maximum Gasteiger partial charge on any atom is 0.193 e. The minimum absolute atomic E-state index is 0.000139.